The lowest BCUT2D eigenvalue weighted by molar-refractivity contribution is -0.117. The van der Waals surface area contributed by atoms with Crippen LogP contribution >= 0.6 is 35.0 Å². The van der Waals surface area contributed by atoms with Gasteiger partial charge in [-0.15, -0.1) is 11.8 Å². The Hall–Kier alpha value is -2.86. The van der Waals surface area contributed by atoms with Gasteiger partial charge < -0.3 is 11.1 Å². The monoisotopic (exact) mass is 498 g/mol. The molecule has 1 saturated carbocycles. The average Bonchev–Trinajstić information content (AvgIpc) is 3.56. The third kappa shape index (κ3) is 4.91. The SMILES string of the molecule is N#CCC1(c2ccnc(NC(=O)C3CC3)c2)CC(c2ccc(Cl)cc2Cl)=C(C(N)=NC=N)S1. The Bertz CT molecular complexity index is 1230. The second kappa shape index (κ2) is 9.56. The standard InChI is InChI=1S/C23H20Cl2N6OS/c24-15-3-4-16(18(25)10-15)17-11-23(6-7-26,33-20(17)21(28)30-12-27)14-5-8-29-19(9-14)31-22(32)13-1-2-13/h3-5,8-10,12-13H,1-2,6,11H2,(H3,27,28,30)(H,29,31,32). The number of thioether (sulfide) groups is 1. The second-order valence-corrected chi connectivity index (χ2v) is 10.1. The Balaban J connectivity index is 1.77. The van der Waals surface area contributed by atoms with E-state index in [9.17, 15) is 10.1 Å². The van der Waals surface area contributed by atoms with Crippen LogP contribution in [0.1, 0.15) is 36.8 Å². The fraction of sp³-hybridized carbons (Fsp3) is 0.261. The number of aliphatic imine (C=N–C) groups is 1. The number of allylic oxidation sites excluding steroid dienone is 1. The molecule has 0 spiro atoms. The normalized spacial score (nSPS) is 20.5. The number of benzene rings is 1. The number of rotatable bonds is 7. The van der Waals surface area contributed by atoms with Gasteiger partial charge in [0.15, 0.2) is 0 Å². The van der Waals surface area contributed by atoms with Crippen LogP contribution in [-0.4, -0.2) is 23.1 Å². The van der Waals surface area contributed by atoms with Gasteiger partial charge in [-0.2, -0.15) is 5.26 Å². The summed E-state index contributed by atoms with van der Waals surface area (Å²) in [6, 6.07) is 11.1. The van der Waals surface area contributed by atoms with Crippen LogP contribution < -0.4 is 11.1 Å². The molecule has 1 aliphatic heterocycles. The molecule has 1 atom stereocenters. The Labute approximate surface area is 205 Å². The van der Waals surface area contributed by atoms with E-state index in [2.05, 4.69) is 21.4 Å². The molecule has 1 unspecified atom stereocenters. The molecule has 168 valence electrons. The lowest BCUT2D eigenvalue weighted by atomic mass is 9.86. The van der Waals surface area contributed by atoms with E-state index in [0.29, 0.717) is 27.2 Å². The number of nitrogens with one attached hydrogen (secondary N) is 2. The van der Waals surface area contributed by atoms with Crippen LogP contribution in [0.4, 0.5) is 5.82 Å². The first-order valence-electron chi connectivity index (χ1n) is 10.2. The molecule has 0 radical (unpaired) electrons. The fourth-order valence-corrected chi connectivity index (χ4v) is 5.77. The molecule has 1 aliphatic carbocycles. The maximum absolute atomic E-state index is 12.2. The van der Waals surface area contributed by atoms with Gasteiger partial charge in [-0.3, -0.25) is 10.2 Å². The highest BCUT2D eigenvalue weighted by atomic mass is 35.5. The molecule has 0 saturated heterocycles. The molecular weight excluding hydrogens is 479 g/mol. The van der Waals surface area contributed by atoms with Crippen LogP contribution in [0.15, 0.2) is 46.4 Å². The summed E-state index contributed by atoms with van der Waals surface area (Å²) in [6.07, 6.45) is 4.91. The topological polar surface area (TPSA) is 128 Å². The zero-order valence-corrected chi connectivity index (χ0v) is 19.8. The van der Waals surface area contributed by atoms with Gasteiger partial charge >= 0.3 is 0 Å². The number of aromatic nitrogens is 1. The Kier molecular flexibility index (Phi) is 6.75. The van der Waals surface area contributed by atoms with Crippen LogP contribution in [0.5, 0.6) is 0 Å². The van der Waals surface area contributed by atoms with E-state index in [-0.39, 0.29) is 24.1 Å². The first-order valence-corrected chi connectivity index (χ1v) is 11.8. The smallest absolute Gasteiger partial charge is 0.228 e. The summed E-state index contributed by atoms with van der Waals surface area (Å²) in [4.78, 5) is 21.1. The summed E-state index contributed by atoms with van der Waals surface area (Å²) in [5.41, 5.74) is 8.61. The number of carbonyl (C=O) groups is 1. The van der Waals surface area contributed by atoms with E-state index in [1.54, 1.807) is 24.4 Å². The highest BCUT2D eigenvalue weighted by Crippen LogP contribution is 2.58. The highest BCUT2D eigenvalue weighted by molar-refractivity contribution is 8.05. The zero-order valence-electron chi connectivity index (χ0n) is 17.4. The van der Waals surface area contributed by atoms with E-state index in [4.69, 9.17) is 34.3 Å². The summed E-state index contributed by atoms with van der Waals surface area (Å²) in [5, 5.41) is 20.9. The van der Waals surface area contributed by atoms with Crippen molar-refractivity contribution in [1.82, 2.24) is 4.98 Å². The Morgan fingerprint density at radius 1 is 1.39 bits per heavy atom. The molecule has 4 rings (SSSR count). The Morgan fingerprint density at radius 2 is 2.18 bits per heavy atom. The highest BCUT2D eigenvalue weighted by Gasteiger charge is 2.43. The van der Waals surface area contributed by atoms with Crippen molar-refractivity contribution in [2.24, 2.45) is 16.6 Å². The van der Waals surface area contributed by atoms with E-state index in [0.717, 1.165) is 35.9 Å². The molecule has 7 nitrogen and oxygen atoms in total. The number of hydrogen-bond acceptors (Lipinski definition) is 5. The van der Waals surface area contributed by atoms with Crippen LogP contribution in [-0.2, 0) is 9.54 Å². The van der Waals surface area contributed by atoms with Crippen molar-refractivity contribution in [2.75, 3.05) is 5.32 Å². The predicted octanol–water partition coefficient (Wildman–Crippen LogP) is 5.36. The lowest BCUT2D eigenvalue weighted by Crippen LogP contribution is -2.21. The largest absolute Gasteiger partial charge is 0.383 e. The molecule has 10 heteroatoms. The summed E-state index contributed by atoms with van der Waals surface area (Å²) in [7, 11) is 0. The van der Waals surface area contributed by atoms with Gasteiger partial charge in [0.05, 0.1) is 22.1 Å². The molecule has 2 aliphatic rings. The van der Waals surface area contributed by atoms with Crippen molar-refractivity contribution < 1.29 is 4.79 Å². The number of amidine groups is 1. The maximum atomic E-state index is 12.2. The van der Waals surface area contributed by atoms with Crippen molar-refractivity contribution in [1.29, 1.82) is 10.7 Å². The minimum Gasteiger partial charge on any atom is -0.383 e. The van der Waals surface area contributed by atoms with Gasteiger partial charge in [-0.05, 0) is 60.2 Å². The minimum atomic E-state index is -0.702. The molecule has 1 amide bonds. The molecule has 0 bridgehead atoms. The Morgan fingerprint density at radius 3 is 2.85 bits per heavy atom. The fourth-order valence-electron chi connectivity index (χ4n) is 3.79. The lowest BCUT2D eigenvalue weighted by Gasteiger charge is -2.27. The predicted molar refractivity (Wildman–Crippen MR) is 133 cm³/mol. The number of pyridine rings is 1. The molecule has 2 aromatic rings. The molecule has 1 fully saturated rings. The van der Waals surface area contributed by atoms with Crippen LogP contribution in [0.25, 0.3) is 5.57 Å². The van der Waals surface area contributed by atoms with E-state index in [1.807, 2.05) is 12.1 Å². The first-order chi connectivity index (χ1) is 15.9. The summed E-state index contributed by atoms with van der Waals surface area (Å²) in [5.74, 6) is 0.631. The second-order valence-electron chi connectivity index (χ2n) is 7.88. The average molecular weight is 499 g/mol. The minimum absolute atomic E-state index is 0.0390. The maximum Gasteiger partial charge on any atom is 0.228 e. The van der Waals surface area contributed by atoms with Gasteiger partial charge in [0.25, 0.3) is 0 Å². The van der Waals surface area contributed by atoms with E-state index < -0.39 is 4.75 Å². The first kappa shape index (κ1) is 23.3. The van der Waals surface area contributed by atoms with E-state index in [1.165, 1.54) is 11.8 Å². The van der Waals surface area contributed by atoms with Crippen LogP contribution in [0, 0.1) is 22.7 Å². The summed E-state index contributed by atoms with van der Waals surface area (Å²) in [6.45, 7) is 0. The number of nitriles is 1. The van der Waals surface area contributed by atoms with Crippen molar-refractivity contribution in [3.05, 3.63) is 62.6 Å². The number of carbonyl (C=O) groups excluding carboxylic acids is 1. The van der Waals surface area contributed by atoms with Crippen molar-refractivity contribution >= 4 is 64.4 Å². The third-order valence-corrected chi connectivity index (χ3v) is 7.70. The van der Waals surface area contributed by atoms with Crippen molar-refractivity contribution in [3.8, 4) is 6.07 Å². The molecule has 1 aromatic carbocycles. The van der Waals surface area contributed by atoms with Crippen molar-refractivity contribution in [3.63, 3.8) is 0 Å². The molecular formula is C23H20Cl2N6OS. The van der Waals surface area contributed by atoms with Crippen LogP contribution in [0.3, 0.4) is 0 Å². The number of nitrogens with two attached hydrogens (primary N) is 1. The molecule has 4 N–H and O–H groups in total. The number of hydrogen-bond donors (Lipinski definition) is 3. The number of nitrogens with zero attached hydrogens (tertiary/aromatic N) is 3. The molecule has 33 heavy (non-hydrogen) atoms. The van der Waals surface area contributed by atoms with Gasteiger partial charge in [0, 0.05) is 22.2 Å². The zero-order chi connectivity index (χ0) is 23.6. The number of anilines is 1. The molecule has 1 aromatic heterocycles. The van der Waals surface area contributed by atoms with Gasteiger partial charge in [-0.25, -0.2) is 9.98 Å². The number of amides is 1. The van der Waals surface area contributed by atoms with Gasteiger partial charge in [-0.1, -0.05) is 29.3 Å². The van der Waals surface area contributed by atoms with Gasteiger partial charge in [0.2, 0.25) is 5.91 Å². The summed E-state index contributed by atoms with van der Waals surface area (Å²) < 4.78 is -0.702. The van der Waals surface area contributed by atoms with Crippen molar-refractivity contribution in [2.45, 2.75) is 30.4 Å². The van der Waals surface area contributed by atoms with Crippen LogP contribution in [0.2, 0.25) is 10.0 Å². The molecule has 2 heterocycles. The third-order valence-electron chi connectivity index (χ3n) is 5.58. The van der Waals surface area contributed by atoms with E-state index >= 15 is 0 Å². The summed E-state index contributed by atoms with van der Waals surface area (Å²) >= 11 is 14.0. The quantitative estimate of drug-likeness (QED) is 0.349. The number of halogens is 2. The van der Waals surface area contributed by atoms with Gasteiger partial charge in [0.1, 0.15) is 18.0 Å².